The number of benzene rings is 2. The Labute approximate surface area is 141 Å². The van der Waals surface area contributed by atoms with Gasteiger partial charge in [-0.1, -0.05) is 22.0 Å². The SMILES string of the molecule is O=Cc1cc(Br)cc(Br)c1OC(=O)c1cccc([N+](=O)[O-])c1. The molecule has 0 unspecified atom stereocenters. The molecule has 0 amide bonds. The average Bonchev–Trinajstić information content (AvgIpc) is 2.49. The van der Waals surface area contributed by atoms with Gasteiger partial charge in [0, 0.05) is 16.6 Å². The predicted molar refractivity (Wildman–Crippen MR) is 85.3 cm³/mol. The Kier molecular flexibility index (Phi) is 5.04. The van der Waals surface area contributed by atoms with Crippen molar-refractivity contribution in [3.8, 4) is 5.75 Å². The number of nitro benzene ring substituents is 1. The van der Waals surface area contributed by atoms with Crippen LogP contribution in [0.15, 0.2) is 45.3 Å². The van der Waals surface area contributed by atoms with Gasteiger partial charge >= 0.3 is 5.97 Å². The number of carbonyl (C=O) groups is 2. The van der Waals surface area contributed by atoms with Gasteiger partial charge in [-0.15, -0.1) is 0 Å². The van der Waals surface area contributed by atoms with Crippen LogP contribution in [-0.4, -0.2) is 17.2 Å². The van der Waals surface area contributed by atoms with Gasteiger partial charge in [0.15, 0.2) is 12.0 Å². The van der Waals surface area contributed by atoms with Crippen molar-refractivity contribution in [3.63, 3.8) is 0 Å². The lowest BCUT2D eigenvalue weighted by Gasteiger charge is -2.09. The summed E-state index contributed by atoms with van der Waals surface area (Å²) in [5.41, 5.74) is -0.0409. The molecule has 22 heavy (non-hydrogen) atoms. The van der Waals surface area contributed by atoms with Gasteiger partial charge in [0.05, 0.1) is 20.5 Å². The van der Waals surface area contributed by atoms with Crippen molar-refractivity contribution in [2.24, 2.45) is 0 Å². The van der Waals surface area contributed by atoms with E-state index < -0.39 is 10.9 Å². The highest BCUT2D eigenvalue weighted by molar-refractivity contribution is 9.11. The molecule has 0 atom stereocenters. The van der Waals surface area contributed by atoms with Crippen LogP contribution in [0.25, 0.3) is 0 Å². The molecular weight excluding hydrogens is 422 g/mol. The monoisotopic (exact) mass is 427 g/mol. The third kappa shape index (κ3) is 3.58. The molecule has 8 heteroatoms. The van der Waals surface area contributed by atoms with Crippen LogP contribution in [0.2, 0.25) is 0 Å². The fourth-order valence-corrected chi connectivity index (χ4v) is 3.01. The van der Waals surface area contributed by atoms with Crippen LogP contribution in [0, 0.1) is 10.1 Å². The van der Waals surface area contributed by atoms with Crippen molar-refractivity contribution < 1.29 is 19.2 Å². The first-order valence-electron chi connectivity index (χ1n) is 5.83. The number of esters is 1. The Morgan fingerprint density at radius 3 is 2.59 bits per heavy atom. The van der Waals surface area contributed by atoms with Gasteiger partial charge in [0.1, 0.15) is 0 Å². The highest BCUT2D eigenvalue weighted by Crippen LogP contribution is 2.32. The van der Waals surface area contributed by atoms with Gasteiger partial charge in [0.25, 0.3) is 5.69 Å². The minimum atomic E-state index is -0.796. The molecule has 0 N–H and O–H groups in total. The first-order chi connectivity index (χ1) is 10.4. The second-order valence-electron chi connectivity index (χ2n) is 4.12. The number of hydrogen-bond donors (Lipinski definition) is 0. The van der Waals surface area contributed by atoms with E-state index in [2.05, 4.69) is 31.9 Å². The van der Waals surface area contributed by atoms with Crippen LogP contribution in [-0.2, 0) is 0 Å². The zero-order valence-electron chi connectivity index (χ0n) is 10.8. The van der Waals surface area contributed by atoms with Crippen molar-refractivity contribution in [3.05, 3.63) is 66.6 Å². The number of hydrogen-bond acceptors (Lipinski definition) is 5. The normalized spacial score (nSPS) is 10.1. The minimum absolute atomic E-state index is 0.0147. The summed E-state index contributed by atoms with van der Waals surface area (Å²) in [6.07, 6.45) is 0.547. The maximum absolute atomic E-state index is 12.1. The summed E-state index contributed by atoms with van der Waals surface area (Å²) in [5, 5.41) is 10.7. The molecule has 0 bridgehead atoms. The van der Waals surface area contributed by atoms with E-state index in [9.17, 15) is 19.7 Å². The summed E-state index contributed by atoms with van der Waals surface area (Å²) < 4.78 is 6.22. The maximum Gasteiger partial charge on any atom is 0.343 e. The summed E-state index contributed by atoms with van der Waals surface area (Å²) in [5.74, 6) is -0.746. The quantitative estimate of drug-likeness (QED) is 0.240. The number of rotatable bonds is 4. The van der Waals surface area contributed by atoms with Crippen molar-refractivity contribution in [2.75, 3.05) is 0 Å². The smallest absolute Gasteiger partial charge is 0.343 e. The van der Waals surface area contributed by atoms with E-state index in [0.29, 0.717) is 15.2 Å². The van der Waals surface area contributed by atoms with E-state index in [1.54, 1.807) is 6.07 Å². The minimum Gasteiger partial charge on any atom is -0.421 e. The summed E-state index contributed by atoms with van der Waals surface area (Å²) in [4.78, 5) is 33.3. The summed E-state index contributed by atoms with van der Waals surface area (Å²) in [6.45, 7) is 0. The number of nitro groups is 1. The molecule has 0 aliphatic rings. The van der Waals surface area contributed by atoms with E-state index in [0.717, 1.165) is 6.07 Å². The molecular formula is C14H7Br2NO5. The molecule has 0 saturated heterocycles. The zero-order chi connectivity index (χ0) is 16.3. The Hall–Kier alpha value is -2.06. The topological polar surface area (TPSA) is 86.5 Å². The largest absolute Gasteiger partial charge is 0.421 e. The van der Waals surface area contributed by atoms with E-state index in [1.165, 1.54) is 24.3 Å². The van der Waals surface area contributed by atoms with Crippen LogP contribution in [0.1, 0.15) is 20.7 Å². The Bertz CT molecular complexity index is 776. The van der Waals surface area contributed by atoms with Crippen molar-refractivity contribution >= 4 is 49.8 Å². The van der Waals surface area contributed by atoms with Crippen LogP contribution in [0.4, 0.5) is 5.69 Å². The lowest BCUT2D eigenvalue weighted by molar-refractivity contribution is -0.384. The molecule has 6 nitrogen and oxygen atoms in total. The zero-order valence-corrected chi connectivity index (χ0v) is 14.0. The van der Waals surface area contributed by atoms with Crippen LogP contribution in [0.5, 0.6) is 5.75 Å². The Morgan fingerprint density at radius 1 is 1.23 bits per heavy atom. The highest BCUT2D eigenvalue weighted by atomic mass is 79.9. The molecule has 2 aromatic carbocycles. The van der Waals surface area contributed by atoms with Gasteiger partial charge in [-0.05, 0) is 34.1 Å². The molecule has 0 heterocycles. The number of carbonyl (C=O) groups excluding carboxylic acids is 2. The molecule has 0 aromatic heterocycles. The van der Waals surface area contributed by atoms with E-state index in [1.807, 2.05) is 0 Å². The Balaban J connectivity index is 2.35. The number of ether oxygens (including phenoxy) is 1. The maximum atomic E-state index is 12.1. The van der Waals surface area contributed by atoms with Gasteiger partial charge < -0.3 is 4.74 Å². The first-order valence-corrected chi connectivity index (χ1v) is 7.42. The second-order valence-corrected chi connectivity index (χ2v) is 5.89. The van der Waals surface area contributed by atoms with Gasteiger partial charge in [0.2, 0.25) is 0 Å². The molecule has 112 valence electrons. The van der Waals surface area contributed by atoms with E-state index in [-0.39, 0.29) is 22.6 Å². The standard InChI is InChI=1S/C14H7Br2NO5/c15-10-4-9(7-18)13(12(16)6-10)22-14(19)8-2-1-3-11(5-8)17(20)21/h1-7H. The van der Waals surface area contributed by atoms with Crippen LogP contribution >= 0.6 is 31.9 Å². The predicted octanol–water partition coefficient (Wildman–Crippen LogP) is 4.15. The molecule has 0 aliphatic carbocycles. The lowest BCUT2D eigenvalue weighted by Crippen LogP contribution is -2.10. The van der Waals surface area contributed by atoms with Crippen molar-refractivity contribution in [1.29, 1.82) is 0 Å². The summed E-state index contributed by atoms with van der Waals surface area (Å²) in [7, 11) is 0. The first kappa shape index (κ1) is 16.3. The van der Waals surface area contributed by atoms with E-state index >= 15 is 0 Å². The molecule has 0 radical (unpaired) electrons. The number of aldehydes is 1. The molecule has 0 aliphatic heterocycles. The fraction of sp³-hybridized carbons (Fsp3) is 0. The number of non-ortho nitro benzene ring substituents is 1. The van der Waals surface area contributed by atoms with Gasteiger partial charge in [-0.25, -0.2) is 4.79 Å². The average molecular weight is 429 g/mol. The second kappa shape index (κ2) is 6.80. The molecule has 2 aromatic rings. The van der Waals surface area contributed by atoms with Crippen LogP contribution < -0.4 is 4.74 Å². The summed E-state index contributed by atoms with van der Waals surface area (Å²) in [6, 6.07) is 8.25. The molecule has 0 saturated carbocycles. The lowest BCUT2D eigenvalue weighted by atomic mass is 10.2. The molecule has 0 spiro atoms. The highest BCUT2D eigenvalue weighted by Gasteiger charge is 2.17. The van der Waals surface area contributed by atoms with E-state index in [4.69, 9.17) is 4.74 Å². The van der Waals surface area contributed by atoms with Crippen molar-refractivity contribution in [2.45, 2.75) is 0 Å². The van der Waals surface area contributed by atoms with Gasteiger partial charge in [-0.3, -0.25) is 14.9 Å². The Morgan fingerprint density at radius 2 is 1.95 bits per heavy atom. The fourth-order valence-electron chi connectivity index (χ4n) is 1.67. The third-order valence-electron chi connectivity index (χ3n) is 2.65. The number of halogens is 2. The van der Waals surface area contributed by atoms with Crippen LogP contribution in [0.3, 0.4) is 0 Å². The van der Waals surface area contributed by atoms with Gasteiger partial charge in [-0.2, -0.15) is 0 Å². The third-order valence-corrected chi connectivity index (χ3v) is 3.70. The molecule has 0 fully saturated rings. The number of nitrogens with zero attached hydrogens (tertiary/aromatic N) is 1. The summed E-state index contributed by atoms with van der Waals surface area (Å²) >= 11 is 6.42. The molecule has 2 rings (SSSR count). The van der Waals surface area contributed by atoms with Crippen molar-refractivity contribution in [1.82, 2.24) is 0 Å².